The first-order valence-corrected chi connectivity index (χ1v) is 11.6. The van der Waals surface area contributed by atoms with E-state index in [1.54, 1.807) is 0 Å². The van der Waals surface area contributed by atoms with Gasteiger partial charge in [-0.05, 0) is 91.3 Å². The lowest BCUT2D eigenvalue weighted by Gasteiger charge is -2.57. The third-order valence-corrected chi connectivity index (χ3v) is 8.65. The molecule has 25 heavy (non-hydrogen) atoms. The van der Waals surface area contributed by atoms with E-state index in [1.165, 1.54) is 44.9 Å². The molecule has 0 heterocycles. The second kappa shape index (κ2) is 8.79. The van der Waals surface area contributed by atoms with Crippen LogP contribution in [0.5, 0.6) is 0 Å². The van der Waals surface area contributed by atoms with Crippen molar-refractivity contribution in [3.05, 3.63) is 6.92 Å². The fourth-order valence-electron chi connectivity index (χ4n) is 7.07. The molecule has 0 N–H and O–H groups in total. The van der Waals surface area contributed by atoms with Crippen LogP contribution in [0.3, 0.4) is 0 Å². The molecule has 0 heteroatoms. The molecule has 0 aliphatic heterocycles. The van der Waals surface area contributed by atoms with Gasteiger partial charge in [-0.2, -0.15) is 0 Å². The van der Waals surface area contributed by atoms with Crippen LogP contribution in [0.4, 0.5) is 0 Å². The molecule has 0 amide bonds. The Kier molecular flexibility index (Phi) is 7.49. The van der Waals surface area contributed by atoms with Gasteiger partial charge in [0.1, 0.15) is 0 Å². The molecular formula is C25H47. The molecule has 1 radical (unpaired) electrons. The summed E-state index contributed by atoms with van der Waals surface area (Å²) < 4.78 is 0. The highest BCUT2D eigenvalue weighted by atomic mass is 14.6. The third kappa shape index (κ3) is 4.30. The lowest BCUT2D eigenvalue weighted by atomic mass is 9.48. The van der Waals surface area contributed by atoms with E-state index in [0.29, 0.717) is 5.41 Å². The molecule has 0 aromatic carbocycles. The predicted molar refractivity (Wildman–Crippen MR) is 112 cm³/mol. The minimum atomic E-state index is 0.479. The summed E-state index contributed by atoms with van der Waals surface area (Å²) in [6, 6.07) is 0. The van der Waals surface area contributed by atoms with Crippen LogP contribution in [0.25, 0.3) is 0 Å². The normalized spacial score (nSPS) is 37.7. The molecule has 2 aliphatic rings. The summed E-state index contributed by atoms with van der Waals surface area (Å²) in [6.45, 7) is 22.1. The van der Waals surface area contributed by atoms with E-state index in [-0.39, 0.29) is 0 Å². The first-order chi connectivity index (χ1) is 11.8. The van der Waals surface area contributed by atoms with Gasteiger partial charge in [0.15, 0.2) is 0 Å². The van der Waals surface area contributed by atoms with Crippen molar-refractivity contribution >= 4 is 0 Å². The van der Waals surface area contributed by atoms with Crippen molar-refractivity contribution < 1.29 is 0 Å². The molecule has 147 valence electrons. The molecule has 6 unspecified atom stereocenters. The maximum atomic E-state index is 4.62. The SMILES string of the molecule is [CH2]CC(CC)(C1CC(C)CCC1C(C)C)C1CC(C)CCC1C(C)C. The van der Waals surface area contributed by atoms with Crippen LogP contribution in [0, 0.1) is 59.7 Å². The maximum Gasteiger partial charge on any atom is -0.0238 e. The fraction of sp³-hybridized carbons (Fsp3) is 0.960. The van der Waals surface area contributed by atoms with Crippen molar-refractivity contribution in [3.63, 3.8) is 0 Å². The Bertz CT molecular complexity index is 355. The minimum absolute atomic E-state index is 0.479. The van der Waals surface area contributed by atoms with Gasteiger partial charge in [0.05, 0.1) is 0 Å². The molecule has 0 aromatic heterocycles. The molecule has 0 aromatic rings. The average Bonchev–Trinajstić information content (AvgIpc) is 2.56. The van der Waals surface area contributed by atoms with Crippen molar-refractivity contribution in [1.82, 2.24) is 0 Å². The number of hydrogen-bond donors (Lipinski definition) is 0. The molecule has 2 fully saturated rings. The van der Waals surface area contributed by atoms with E-state index in [4.69, 9.17) is 0 Å². The van der Waals surface area contributed by atoms with Gasteiger partial charge in [-0.3, -0.25) is 0 Å². The van der Waals surface area contributed by atoms with Crippen LogP contribution in [-0.2, 0) is 0 Å². The molecule has 6 atom stereocenters. The Balaban J connectivity index is 2.43. The smallest absolute Gasteiger partial charge is 0.0238 e. The van der Waals surface area contributed by atoms with Crippen LogP contribution in [0.2, 0.25) is 0 Å². The number of hydrogen-bond acceptors (Lipinski definition) is 0. The van der Waals surface area contributed by atoms with Crippen molar-refractivity contribution in [2.75, 3.05) is 0 Å². The molecule has 2 aliphatic carbocycles. The summed E-state index contributed by atoms with van der Waals surface area (Å²) in [4.78, 5) is 0. The molecular weight excluding hydrogens is 300 g/mol. The van der Waals surface area contributed by atoms with Gasteiger partial charge in [-0.15, -0.1) is 0 Å². The van der Waals surface area contributed by atoms with Crippen molar-refractivity contribution in [2.24, 2.45) is 52.8 Å². The summed E-state index contributed by atoms with van der Waals surface area (Å²) in [6.07, 6.45) is 11.2. The number of rotatable bonds is 6. The molecule has 0 bridgehead atoms. The predicted octanol–water partition coefficient (Wildman–Crippen LogP) is 8.02. The van der Waals surface area contributed by atoms with E-state index in [0.717, 1.165) is 53.8 Å². The highest BCUT2D eigenvalue weighted by Gasteiger charge is 2.51. The van der Waals surface area contributed by atoms with E-state index in [2.05, 4.69) is 55.4 Å². The summed E-state index contributed by atoms with van der Waals surface area (Å²) >= 11 is 0. The largest absolute Gasteiger partial charge is 0.0648 e. The van der Waals surface area contributed by atoms with Gasteiger partial charge in [-0.1, -0.05) is 68.2 Å². The van der Waals surface area contributed by atoms with Crippen LogP contribution < -0.4 is 0 Å². The molecule has 2 rings (SSSR count). The monoisotopic (exact) mass is 347 g/mol. The summed E-state index contributed by atoms with van der Waals surface area (Å²) in [5.74, 6) is 7.12. The molecule has 0 saturated heterocycles. The standard InChI is InChI=1S/C25H47/c1-9-25(10-2,23-15-19(7)11-13-21(23)17(3)4)24-16-20(8)12-14-22(24)18(5)6/h17-24H,1,9-16H2,2-8H3. The first-order valence-electron chi connectivity index (χ1n) is 11.6. The van der Waals surface area contributed by atoms with E-state index >= 15 is 0 Å². The molecule has 0 nitrogen and oxygen atoms in total. The quantitative estimate of drug-likeness (QED) is 0.456. The molecule has 0 spiro atoms. The highest BCUT2D eigenvalue weighted by Crippen LogP contribution is 2.59. The van der Waals surface area contributed by atoms with Gasteiger partial charge in [0, 0.05) is 0 Å². The van der Waals surface area contributed by atoms with E-state index in [1.807, 2.05) is 0 Å². The topological polar surface area (TPSA) is 0 Å². The fourth-order valence-corrected chi connectivity index (χ4v) is 7.07. The van der Waals surface area contributed by atoms with Gasteiger partial charge in [0.2, 0.25) is 0 Å². The van der Waals surface area contributed by atoms with E-state index < -0.39 is 0 Å². The Morgan fingerprint density at radius 3 is 1.48 bits per heavy atom. The zero-order chi connectivity index (χ0) is 18.8. The lowest BCUT2D eigenvalue weighted by Crippen LogP contribution is -2.49. The van der Waals surface area contributed by atoms with Gasteiger partial charge in [-0.25, -0.2) is 0 Å². The first kappa shape index (κ1) is 21.3. The van der Waals surface area contributed by atoms with Crippen LogP contribution in [-0.4, -0.2) is 0 Å². The van der Waals surface area contributed by atoms with Crippen LogP contribution in [0.15, 0.2) is 0 Å². The summed E-state index contributed by atoms with van der Waals surface area (Å²) in [7, 11) is 0. The average molecular weight is 348 g/mol. The Hall–Kier alpha value is 0. The van der Waals surface area contributed by atoms with Gasteiger partial charge in [0.25, 0.3) is 0 Å². The Morgan fingerprint density at radius 1 is 0.800 bits per heavy atom. The third-order valence-electron chi connectivity index (χ3n) is 8.65. The molecule has 2 saturated carbocycles. The van der Waals surface area contributed by atoms with Crippen LogP contribution in [0.1, 0.15) is 99.8 Å². The zero-order valence-corrected chi connectivity index (χ0v) is 18.5. The second-order valence-corrected chi connectivity index (χ2v) is 10.7. The van der Waals surface area contributed by atoms with Crippen LogP contribution >= 0.6 is 0 Å². The summed E-state index contributed by atoms with van der Waals surface area (Å²) in [5, 5.41) is 0. The van der Waals surface area contributed by atoms with Crippen molar-refractivity contribution in [3.8, 4) is 0 Å². The van der Waals surface area contributed by atoms with Gasteiger partial charge < -0.3 is 0 Å². The highest BCUT2D eigenvalue weighted by molar-refractivity contribution is 5.01. The van der Waals surface area contributed by atoms with Gasteiger partial charge >= 0.3 is 0 Å². The zero-order valence-electron chi connectivity index (χ0n) is 18.5. The van der Waals surface area contributed by atoms with E-state index in [9.17, 15) is 0 Å². The van der Waals surface area contributed by atoms with Crippen molar-refractivity contribution in [2.45, 2.75) is 99.8 Å². The second-order valence-electron chi connectivity index (χ2n) is 10.7. The Labute approximate surface area is 159 Å². The Morgan fingerprint density at radius 2 is 1.20 bits per heavy atom. The minimum Gasteiger partial charge on any atom is -0.0648 e. The lowest BCUT2D eigenvalue weighted by molar-refractivity contribution is -0.0747. The summed E-state index contributed by atoms with van der Waals surface area (Å²) in [5.41, 5.74) is 0.479. The van der Waals surface area contributed by atoms with Crippen molar-refractivity contribution in [1.29, 1.82) is 0 Å². The maximum absolute atomic E-state index is 4.62.